The van der Waals surface area contributed by atoms with E-state index in [9.17, 15) is 9.18 Å². The second kappa shape index (κ2) is 6.19. The summed E-state index contributed by atoms with van der Waals surface area (Å²) in [6.45, 7) is 4.50. The maximum atomic E-state index is 13.5. The van der Waals surface area contributed by atoms with Gasteiger partial charge in [0.05, 0.1) is 12.2 Å². The lowest BCUT2D eigenvalue weighted by molar-refractivity contribution is 0.0783. The van der Waals surface area contributed by atoms with Crippen LogP contribution in [0.15, 0.2) is 40.9 Å². The van der Waals surface area contributed by atoms with Gasteiger partial charge in [-0.05, 0) is 50.1 Å². The highest BCUT2D eigenvalue weighted by molar-refractivity contribution is 6.10. The number of H-pyrrole nitrogens is 1. The molecule has 2 aromatic carbocycles. The van der Waals surface area contributed by atoms with Crippen LogP contribution in [0, 0.1) is 13.8 Å². The van der Waals surface area contributed by atoms with Crippen LogP contribution in [0.5, 0.6) is 0 Å². The molecule has 6 heteroatoms. The van der Waals surface area contributed by atoms with Crippen LogP contribution in [-0.4, -0.2) is 40.2 Å². The molecule has 1 amide bonds. The molecule has 1 atom stereocenters. The molecule has 1 saturated heterocycles. The third-order valence-corrected chi connectivity index (χ3v) is 5.59. The van der Waals surface area contributed by atoms with Gasteiger partial charge in [0.25, 0.3) is 5.91 Å². The number of halogens is 1. The molecule has 0 radical (unpaired) electrons. The third-order valence-electron chi connectivity index (χ3n) is 5.59. The van der Waals surface area contributed by atoms with E-state index in [2.05, 4.69) is 22.3 Å². The summed E-state index contributed by atoms with van der Waals surface area (Å²) in [5.74, 6) is 0.682. The average Bonchev–Trinajstić information content (AvgIpc) is 3.37. The van der Waals surface area contributed by atoms with Gasteiger partial charge in [0.1, 0.15) is 11.9 Å². The predicted molar refractivity (Wildman–Crippen MR) is 106 cm³/mol. The highest BCUT2D eigenvalue weighted by atomic mass is 19.1. The minimum atomic E-state index is -0.913. The molecule has 3 heterocycles. The highest BCUT2D eigenvalue weighted by Gasteiger charge is 2.26. The average molecular weight is 377 g/mol. The van der Waals surface area contributed by atoms with E-state index in [0.29, 0.717) is 18.5 Å². The number of amides is 1. The molecular weight excluding hydrogens is 357 g/mol. The van der Waals surface area contributed by atoms with E-state index in [4.69, 9.17) is 4.52 Å². The summed E-state index contributed by atoms with van der Waals surface area (Å²) < 4.78 is 18.8. The van der Waals surface area contributed by atoms with Crippen LogP contribution < -0.4 is 0 Å². The molecule has 0 spiro atoms. The minimum absolute atomic E-state index is 0.108. The molecule has 5 nitrogen and oxygen atoms in total. The van der Waals surface area contributed by atoms with Gasteiger partial charge >= 0.3 is 0 Å². The van der Waals surface area contributed by atoms with Crippen molar-refractivity contribution in [2.24, 2.45) is 0 Å². The lowest BCUT2D eigenvalue weighted by Gasteiger charge is -2.15. The number of hydrogen-bond donors (Lipinski definition) is 1. The number of hydrogen-bond acceptors (Lipinski definition) is 3. The van der Waals surface area contributed by atoms with Gasteiger partial charge in [-0.2, -0.15) is 0 Å². The number of aryl methyl sites for hydroxylation is 2. The topological polar surface area (TPSA) is 62.1 Å². The second-order valence-corrected chi connectivity index (χ2v) is 7.48. The zero-order valence-electron chi connectivity index (χ0n) is 15.8. The SMILES string of the molecule is Cc1noc(C)c1-c1ccc2c(c1)[nH]c1ccc(C(=O)N3CC[C@H](F)C3)cc12. The van der Waals surface area contributed by atoms with Crippen LogP contribution in [0.4, 0.5) is 4.39 Å². The molecule has 2 aromatic heterocycles. The van der Waals surface area contributed by atoms with Gasteiger partial charge in [-0.25, -0.2) is 4.39 Å². The Labute approximate surface area is 161 Å². The molecule has 1 aliphatic rings. The molecule has 4 aromatic rings. The van der Waals surface area contributed by atoms with Gasteiger partial charge in [-0.1, -0.05) is 17.3 Å². The van der Waals surface area contributed by atoms with Gasteiger partial charge in [0, 0.05) is 39.5 Å². The Hall–Kier alpha value is -3.15. The van der Waals surface area contributed by atoms with Gasteiger partial charge in [-0.15, -0.1) is 0 Å². The highest BCUT2D eigenvalue weighted by Crippen LogP contribution is 2.33. The first-order chi connectivity index (χ1) is 13.5. The molecule has 1 fully saturated rings. The molecule has 5 rings (SSSR count). The Kier molecular flexibility index (Phi) is 3.75. The van der Waals surface area contributed by atoms with Crippen LogP contribution >= 0.6 is 0 Å². The quantitative estimate of drug-likeness (QED) is 0.547. The zero-order valence-corrected chi connectivity index (χ0v) is 15.8. The Morgan fingerprint density at radius 1 is 1.18 bits per heavy atom. The molecule has 28 heavy (non-hydrogen) atoms. The van der Waals surface area contributed by atoms with Crippen LogP contribution in [0.1, 0.15) is 28.2 Å². The first-order valence-corrected chi connectivity index (χ1v) is 9.43. The summed E-state index contributed by atoms with van der Waals surface area (Å²) in [7, 11) is 0. The smallest absolute Gasteiger partial charge is 0.253 e. The number of carbonyl (C=O) groups is 1. The van der Waals surface area contributed by atoms with Crippen LogP contribution in [0.25, 0.3) is 32.9 Å². The van der Waals surface area contributed by atoms with E-state index in [-0.39, 0.29) is 12.5 Å². The van der Waals surface area contributed by atoms with Gasteiger partial charge in [-0.3, -0.25) is 4.79 Å². The van der Waals surface area contributed by atoms with Crippen molar-refractivity contribution in [3.8, 4) is 11.1 Å². The van der Waals surface area contributed by atoms with Crippen molar-refractivity contribution in [1.82, 2.24) is 15.0 Å². The van der Waals surface area contributed by atoms with Crippen LogP contribution in [0.2, 0.25) is 0 Å². The molecule has 1 N–H and O–H groups in total. The Morgan fingerprint density at radius 3 is 2.75 bits per heavy atom. The molecule has 0 aliphatic carbocycles. The van der Waals surface area contributed by atoms with E-state index >= 15 is 0 Å². The molecule has 0 saturated carbocycles. The fraction of sp³-hybridized carbons (Fsp3) is 0.273. The molecule has 0 bridgehead atoms. The van der Waals surface area contributed by atoms with Crippen molar-refractivity contribution < 1.29 is 13.7 Å². The largest absolute Gasteiger partial charge is 0.361 e. The Bertz CT molecular complexity index is 1200. The number of rotatable bonds is 2. The number of fused-ring (bicyclic) bond motifs is 3. The first-order valence-electron chi connectivity index (χ1n) is 9.43. The maximum Gasteiger partial charge on any atom is 0.253 e. The van der Waals surface area contributed by atoms with E-state index in [1.54, 1.807) is 11.0 Å². The van der Waals surface area contributed by atoms with E-state index in [1.807, 2.05) is 32.0 Å². The number of nitrogens with zero attached hydrogens (tertiary/aromatic N) is 2. The Balaban J connectivity index is 1.58. The van der Waals surface area contributed by atoms with Crippen molar-refractivity contribution in [2.75, 3.05) is 13.1 Å². The van der Waals surface area contributed by atoms with Gasteiger partial charge in [0.2, 0.25) is 0 Å². The summed E-state index contributed by atoms with van der Waals surface area (Å²) in [5, 5.41) is 6.07. The second-order valence-electron chi connectivity index (χ2n) is 7.48. The number of likely N-dealkylation sites (tertiary alicyclic amines) is 1. The number of nitrogens with one attached hydrogen (secondary N) is 1. The zero-order chi connectivity index (χ0) is 19.4. The van der Waals surface area contributed by atoms with Crippen LogP contribution in [-0.2, 0) is 0 Å². The van der Waals surface area contributed by atoms with Gasteiger partial charge < -0.3 is 14.4 Å². The predicted octanol–water partition coefficient (Wildman–Crippen LogP) is 4.78. The van der Waals surface area contributed by atoms with E-state index in [1.165, 1.54) is 0 Å². The van der Waals surface area contributed by atoms with Crippen molar-refractivity contribution in [2.45, 2.75) is 26.4 Å². The third kappa shape index (κ3) is 2.59. The van der Waals surface area contributed by atoms with Crippen molar-refractivity contribution in [1.29, 1.82) is 0 Å². The standard InChI is InChI=1S/C22H20FN3O2/c1-12-21(13(2)28-25-12)14-3-5-17-18-9-15(4-6-19(18)24-20(17)10-14)22(27)26-8-7-16(23)11-26/h3-6,9-10,16,24H,7-8,11H2,1-2H3/t16-/m0/s1. The Morgan fingerprint density at radius 2 is 2.04 bits per heavy atom. The minimum Gasteiger partial charge on any atom is -0.361 e. The van der Waals surface area contributed by atoms with E-state index in [0.717, 1.165) is 44.4 Å². The summed E-state index contributed by atoms with van der Waals surface area (Å²) in [4.78, 5) is 17.7. The molecule has 1 aliphatic heterocycles. The molecule has 142 valence electrons. The van der Waals surface area contributed by atoms with Crippen molar-refractivity contribution >= 4 is 27.7 Å². The lowest BCUT2D eigenvalue weighted by atomic mass is 10.0. The summed E-state index contributed by atoms with van der Waals surface area (Å²) in [5.41, 5.74) is 5.45. The van der Waals surface area contributed by atoms with Crippen molar-refractivity contribution in [3.05, 3.63) is 53.4 Å². The summed E-state index contributed by atoms with van der Waals surface area (Å²) >= 11 is 0. The fourth-order valence-electron chi connectivity index (χ4n) is 4.17. The number of alkyl halides is 1. The maximum absolute atomic E-state index is 13.5. The molecule has 0 unspecified atom stereocenters. The molecular formula is C22H20FN3O2. The first kappa shape index (κ1) is 17.0. The number of benzene rings is 2. The summed E-state index contributed by atoms with van der Waals surface area (Å²) in [6, 6.07) is 11.8. The van der Waals surface area contributed by atoms with E-state index < -0.39 is 6.17 Å². The normalized spacial score (nSPS) is 17.1. The number of carbonyl (C=O) groups excluding carboxylic acids is 1. The van der Waals surface area contributed by atoms with Crippen LogP contribution in [0.3, 0.4) is 0 Å². The number of aromatic nitrogens is 2. The summed E-state index contributed by atoms with van der Waals surface area (Å²) in [6.07, 6.45) is -0.491. The van der Waals surface area contributed by atoms with Gasteiger partial charge in [0.15, 0.2) is 0 Å². The monoisotopic (exact) mass is 377 g/mol. The number of aromatic amines is 1. The fourth-order valence-corrected chi connectivity index (χ4v) is 4.17. The van der Waals surface area contributed by atoms with Crippen molar-refractivity contribution in [3.63, 3.8) is 0 Å². The lowest BCUT2D eigenvalue weighted by Crippen LogP contribution is -2.28.